The number of hydrogen-bond donors (Lipinski definition) is 1. The van der Waals surface area contributed by atoms with Gasteiger partial charge in [-0.2, -0.15) is 0 Å². The zero-order valence-corrected chi connectivity index (χ0v) is 11.9. The fourth-order valence-electron chi connectivity index (χ4n) is 3.24. The smallest absolute Gasteiger partial charge is 0.307 e. The van der Waals surface area contributed by atoms with Crippen LogP contribution in [0.1, 0.15) is 29.4 Å². The number of hydrogen-bond acceptors (Lipinski definition) is 2. The van der Waals surface area contributed by atoms with Gasteiger partial charge < -0.3 is 9.84 Å². The maximum Gasteiger partial charge on any atom is 0.307 e. The molecule has 0 aromatic heterocycles. The molecule has 3 nitrogen and oxygen atoms in total. The molecule has 2 aromatic carbocycles. The first kappa shape index (κ1) is 13.7. The first-order chi connectivity index (χ1) is 10.2. The maximum absolute atomic E-state index is 11.4. The molecule has 1 saturated carbocycles. The maximum atomic E-state index is 11.4. The lowest BCUT2D eigenvalue weighted by Crippen LogP contribution is -2.38. The molecule has 1 aliphatic rings. The quantitative estimate of drug-likeness (QED) is 0.930. The Labute approximate surface area is 124 Å². The van der Waals surface area contributed by atoms with Crippen LogP contribution < -0.4 is 4.74 Å². The van der Waals surface area contributed by atoms with E-state index in [4.69, 9.17) is 4.74 Å². The molecule has 3 atom stereocenters. The van der Waals surface area contributed by atoms with Crippen molar-refractivity contribution in [3.8, 4) is 5.75 Å². The van der Waals surface area contributed by atoms with Crippen molar-refractivity contribution in [2.45, 2.75) is 18.3 Å². The van der Waals surface area contributed by atoms with Gasteiger partial charge in [0.2, 0.25) is 0 Å². The number of methoxy groups -OCH3 is 1. The van der Waals surface area contributed by atoms with E-state index in [0.29, 0.717) is 6.42 Å². The Morgan fingerprint density at radius 1 is 1.05 bits per heavy atom. The van der Waals surface area contributed by atoms with Gasteiger partial charge in [-0.05, 0) is 35.6 Å². The number of carbonyl (C=O) groups is 1. The number of carboxylic acids is 1. The number of benzene rings is 2. The van der Waals surface area contributed by atoms with E-state index in [1.54, 1.807) is 7.11 Å². The Kier molecular flexibility index (Phi) is 3.65. The second-order valence-electron chi connectivity index (χ2n) is 5.50. The van der Waals surface area contributed by atoms with Crippen molar-refractivity contribution in [1.82, 2.24) is 0 Å². The highest BCUT2D eigenvalue weighted by Crippen LogP contribution is 2.53. The Morgan fingerprint density at radius 2 is 1.71 bits per heavy atom. The SMILES string of the molecule is COc1ccc([C@@H]2CC(C(=O)O)[C@@H]2c2ccccc2)cc1. The molecular formula is C18H18O3. The number of rotatable bonds is 4. The van der Waals surface area contributed by atoms with Gasteiger partial charge in [-0.3, -0.25) is 4.79 Å². The lowest BCUT2D eigenvalue weighted by molar-refractivity contribution is -0.146. The molecule has 0 saturated heterocycles. The Hall–Kier alpha value is -2.29. The third kappa shape index (κ3) is 2.51. The predicted molar refractivity (Wildman–Crippen MR) is 80.7 cm³/mol. The molecule has 0 bridgehead atoms. The lowest BCUT2D eigenvalue weighted by Gasteiger charge is -2.43. The van der Waals surface area contributed by atoms with Crippen molar-refractivity contribution in [2.75, 3.05) is 7.11 Å². The van der Waals surface area contributed by atoms with Crippen molar-refractivity contribution in [3.05, 3.63) is 65.7 Å². The second kappa shape index (κ2) is 5.60. The van der Waals surface area contributed by atoms with Crippen LogP contribution in [0.4, 0.5) is 0 Å². The molecule has 0 spiro atoms. The van der Waals surface area contributed by atoms with Gasteiger partial charge in [0.1, 0.15) is 5.75 Å². The predicted octanol–water partition coefficient (Wildman–Crippen LogP) is 3.67. The van der Waals surface area contributed by atoms with Crippen LogP contribution in [0.3, 0.4) is 0 Å². The summed E-state index contributed by atoms with van der Waals surface area (Å²) in [4.78, 5) is 11.4. The Bertz CT molecular complexity index is 619. The highest BCUT2D eigenvalue weighted by atomic mass is 16.5. The molecule has 1 fully saturated rings. The Balaban J connectivity index is 1.89. The van der Waals surface area contributed by atoms with E-state index >= 15 is 0 Å². The van der Waals surface area contributed by atoms with Crippen LogP contribution in [0.25, 0.3) is 0 Å². The molecule has 0 amide bonds. The highest BCUT2D eigenvalue weighted by molar-refractivity contribution is 5.73. The number of carboxylic acid groups (broad SMARTS) is 1. The summed E-state index contributed by atoms with van der Waals surface area (Å²) in [7, 11) is 1.64. The molecule has 3 heteroatoms. The van der Waals surface area contributed by atoms with Crippen molar-refractivity contribution in [1.29, 1.82) is 0 Å². The molecule has 2 aromatic rings. The molecule has 1 N–H and O–H groups in total. The summed E-state index contributed by atoms with van der Waals surface area (Å²) in [5.41, 5.74) is 2.29. The van der Waals surface area contributed by atoms with E-state index in [2.05, 4.69) is 0 Å². The number of aliphatic carboxylic acids is 1. The van der Waals surface area contributed by atoms with Crippen LogP contribution in [0, 0.1) is 5.92 Å². The summed E-state index contributed by atoms with van der Waals surface area (Å²) in [5.74, 6) is 0.147. The van der Waals surface area contributed by atoms with Gasteiger partial charge in [0.25, 0.3) is 0 Å². The van der Waals surface area contributed by atoms with Crippen LogP contribution in [0.15, 0.2) is 54.6 Å². The minimum atomic E-state index is -0.700. The minimum absolute atomic E-state index is 0.0529. The topological polar surface area (TPSA) is 46.5 Å². The van der Waals surface area contributed by atoms with Gasteiger partial charge >= 0.3 is 5.97 Å². The van der Waals surface area contributed by atoms with Crippen LogP contribution in [-0.4, -0.2) is 18.2 Å². The molecule has 0 heterocycles. The summed E-state index contributed by atoms with van der Waals surface area (Å²) in [6, 6.07) is 17.9. The van der Waals surface area contributed by atoms with Gasteiger partial charge in [0.05, 0.1) is 13.0 Å². The van der Waals surface area contributed by atoms with E-state index in [0.717, 1.165) is 11.3 Å². The zero-order chi connectivity index (χ0) is 14.8. The van der Waals surface area contributed by atoms with Crippen molar-refractivity contribution >= 4 is 5.97 Å². The molecule has 108 valence electrons. The second-order valence-corrected chi connectivity index (χ2v) is 5.50. The summed E-state index contributed by atoms with van der Waals surface area (Å²) in [5, 5.41) is 9.39. The number of ether oxygens (including phenoxy) is 1. The molecule has 0 aliphatic heterocycles. The van der Waals surface area contributed by atoms with Gasteiger partial charge in [-0.25, -0.2) is 0 Å². The van der Waals surface area contributed by atoms with Crippen LogP contribution in [-0.2, 0) is 4.79 Å². The highest BCUT2D eigenvalue weighted by Gasteiger charge is 2.46. The zero-order valence-electron chi connectivity index (χ0n) is 11.9. The third-order valence-corrected chi connectivity index (χ3v) is 4.42. The van der Waals surface area contributed by atoms with Gasteiger partial charge in [0.15, 0.2) is 0 Å². The summed E-state index contributed by atoms with van der Waals surface area (Å²) in [6.07, 6.45) is 0.696. The average molecular weight is 282 g/mol. The average Bonchev–Trinajstić information content (AvgIpc) is 2.48. The first-order valence-electron chi connectivity index (χ1n) is 7.12. The van der Waals surface area contributed by atoms with Gasteiger partial charge in [-0.15, -0.1) is 0 Å². The Morgan fingerprint density at radius 3 is 2.29 bits per heavy atom. The fourth-order valence-corrected chi connectivity index (χ4v) is 3.24. The van der Waals surface area contributed by atoms with E-state index in [1.807, 2.05) is 54.6 Å². The normalized spacial score (nSPS) is 24.1. The molecule has 3 rings (SSSR count). The van der Waals surface area contributed by atoms with Crippen LogP contribution >= 0.6 is 0 Å². The van der Waals surface area contributed by atoms with E-state index < -0.39 is 5.97 Å². The standard InChI is InChI=1S/C18H18O3/c1-21-14-9-7-12(8-10-14)15-11-16(18(19)20)17(15)13-5-3-2-4-6-13/h2-10,15-17H,11H2,1H3,(H,19,20)/t15-,16?,17+/m0/s1. The summed E-state index contributed by atoms with van der Waals surface area (Å²) in [6.45, 7) is 0. The van der Waals surface area contributed by atoms with E-state index in [1.165, 1.54) is 5.56 Å². The largest absolute Gasteiger partial charge is 0.497 e. The molecule has 0 radical (unpaired) electrons. The monoisotopic (exact) mass is 282 g/mol. The van der Waals surface area contributed by atoms with Gasteiger partial charge in [-0.1, -0.05) is 42.5 Å². The van der Waals surface area contributed by atoms with Gasteiger partial charge in [0, 0.05) is 5.92 Å². The van der Waals surface area contributed by atoms with E-state index in [-0.39, 0.29) is 17.8 Å². The van der Waals surface area contributed by atoms with Crippen LogP contribution in [0.5, 0.6) is 5.75 Å². The third-order valence-electron chi connectivity index (χ3n) is 4.42. The van der Waals surface area contributed by atoms with Crippen LogP contribution in [0.2, 0.25) is 0 Å². The van der Waals surface area contributed by atoms with Crippen molar-refractivity contribution in [2.24, 2.45) is 5.92 Å². The van der Waals surface area contributed by atoms with Crippen molar-refractivity contribution in [3.63, 3.8) is 0 Å². The van der Waals surface area contributed by atoms with E-state index in [9.17, 15) is 9.90 Å². The summed E-state index contributed by atoms with van der Waals surface area (Å²) >= 11 is 0. The lowest BCUT2D eigenvalue weighted by atomic mass is 9.59. The molecule has 1 aliphatic carbocycles. The van der Waals surface area contributed by atoms with Crippen molar-refractivity contribution < 1.29 is 14.6 Å². The first-order valence-corrected chi connectivity index (χ1v) is 7.12. The summed E-state index contributed by atoms with van der Waals surface area (Å²) < 4.78 is 5.18. The molecular weight excluding hydrogens is 264 g/mol. The molecule has 1 unspecified atom stereocenters. The molecule has 21 heavy (non-hydrogen) atoms. The fraction of sp³-hybridized carbons (Fsp3) is 0.278. The minimum Gasteiger partial charge on any atom is -0.497 e.